The number of thiazole rings is 1. The van der Waals surface area contributed by atoms with E-state index in [-0.39, 0.29) is 0 Å². The van der Waals surface area contributed by atoms with Crippen molar-refractivity contribution in [3.05, 3.63) is 40.0 Å². The number of hydrogen-bond donors (Lipinski definition) is 2. The minimum Gasteiger partial charge on any atom is -0.357 e. The van der Waals surface area contributed by atoms with Crippen molar-refractivity contribution in [2.24, 2.45) is 4.99 Å². The number of aryl methyl sites for hydroxylation is 1. The lowest BCUT2D eigenvalue weighted by atomic mass is 10.3. The molecule has 26 heavy (non-hydrogen) atoms. The predicted molar refractivity (Wildman–Crippen MR) is 109 cm³/mol. The molecule has 1 saturated heterocycles. The Labute approximate surface area is 159 Å². The van der Waals surface area contributed by atoms with Gasteiger partial charge >= 0.3 is 0 Å². The van der Waals surface area contributed by atoms with E-state index in [9.17, 15) is 0 Å². The van der Waals surface area contributed by atoms with Gasteiger partial charge in [-0.2, -0.15) is 0 Å². The zero-order valence-corrected chi connectivity index (χ0v) is 16.5. The van der Waals surface area contributed by atoms with Gasteiger partial charge in [0.05, 0.1) is 17.2 Å². The summed E-state index contributed by atoms with van der Waals surface area (Å²) in [6.45, 7) is 8.64. The van der Waals surface area contributed by atoms with Gasteiger partial charge in [0.25, 0.3) is 0 Å². The Hall–Kier alpha value is -2.15. The summed E-state index contributed by atoms with van der Waals surface area (Å²) in [5.74, 6) is 1.92. The molecule has 0 bridgehead atoms. The second-order valence-electron chi connectivity index (χ2n) is 6.45. The topological polar surface area (TPSA) is 65.4 Å². The van der Waals surface area contributed by atoms with E-state index in [1.165, 1.54) is 12.8 Å². The van der Waals surface area contributed by atoms with Gasteiger partial charge in [-0.1, -0.05) is 6.07 Å². The van der Waals surface area contributed by atoms with Crippen LogP contribution in [0.4, 0.5) is 5.82 Å². The molecule has 1 fully saturated rings. The van der Waals surface area contributed by atoms with Crippen LogP contribution in [0.1, 0.15) is 36.0 Å². The molecule has 0 amide bonds. The first-order chi connectivity index (χ1) is 12.7. The molecule has 0 aliphatic carbocycles. The van der Waals surface area contributed by atoms with Crippen LogP contribution >= 0.6 is 11.3 Å². The van der Waals surface area contributed by atoms with E-state index in [0.717, 1.165) is 60.6 Å². The first-order valence-electron chi connectivity index (χ1n) is 9.37. The monoisotopic (exact) mass is 372 g/mol. The third-order valence-corrected chi connectivity index (χ3v) is 5.17. The first-order valence-corrected chi connectivity index (χ1v) is 10.3. The van der Waals surface area contributed by atoms with Gasteiger partial charge in [-0.05, 0) is 38.3 Å². The second-order valence-corrected chi connectivity index (χ2v) is 7.51. The molecule has 7 heteroatoms. The van der Waals surface area contributed by atoms with Gasteiger partial charge in [-0.15, -0.1) is 11.3 Å². The summed E-state index contributed by atoms with van der Waals surface area (Å²) in [4.78, 5) is 16.1. The van der Waals surface area contributed by atoms with Crippen LogP contribution in [0.15, 0.2) is 28.7 Å². The smallest absolute Gasteiger partial charge is 0.191 e. The minimum atomic E-state index is 0.623. The molecule has 2 aromatic rings. The Bertz CT molecular complexity index is 703. The SMILES string of the molecule is CCNC(=NCc1ccc(N2CCCC2)nc1)NCCc1csc(C)n1. The molecule has 6 nitrogen and oxygen atoms in total. The highest BCUT2D eigenvalue weighted by Crippen LogP contribution is 2.17. The highest BCUT2D eigenvalue weighted by molar-refractivity contribution is 7.09. The van der Waals surface area contributed by atoms with Crippen LogP contribution < -0.4 is 15.5 Å². The maximum Gasteiger partial charge on any atom is 0.191 e. The Morgan fingerprint density at radius 3 is 2.77 bits per heavy atom. The average Bonchev–Trinajstić information content (AvgIpc) is 3.32. The molecule has 1 aliphatic rings. The number of nitrogens with zero attached hydrogens (tertiary/aromatic N) is 4. The van der Waals surface area contributed by atoms with Crippen molar-refractivity contribution < 1.29 is 0 Å². The van der Waals surface area contributed by atoms with Crippen molar-refractivity contribution in [3.63, 3.8) is 0 Å². The van der Waals surface area contributed by atoms with Crippen LogP contribution in [0.25, 0.3) is 0 Å². The van der Waals surface area contributed by atoms with Crippen molar-refractivity contribution >= 4 is 23.1 Å². The fourth-order valence-electron chi connectivity index (χ4n) is 2.99. The number of rotatable bonds is 7. The van der Waals surface area contributed by atoms with Gasteiger partial charge in [0, 0.05) is 44.2 Å². The number of aliphatic imine (C=N–C) groups is 1. The molecule has 140 valence electrons. The molecule has 0 radical (unpaired) electrons. The number of hydrogen-bond acceptors (Lipinski definition) is 5. The Morgan fingerprint density at radius 1 is 1.27 bits per heavy atom. The van der Waals surface area contributed by atoms with Gasteiger partial charge < -0.3 is 15.5 Å². The summed E-state index contributed by atoms with van der Waals surface area (Å²) in [5.41, 5.74) is 2.26. The third-order valence-electron chi connectivity index (χ3n) is 4.34. The van der Waals surface area contributed by atoms with E-state index < -0.39 is 0 Å². The number of anilines is 1. The van der Waals surface area contributed by atoms with Crippen molar-refractivity contribution in [1.82, 2.24) is 20.6 Å². The number of guanidine groups is 1. The molecule has 0 spiro atoms. The molecule has 3 rings (SSSR count). The zero-order chi connectivity index (χ0) is 18.2. The zero-order valence-electron chi connectivity index (χ0n) is 15.7. The summed E-state index contributed by atoms with van der Waals surface area (Å²) < 4.78 is 0. The summed E-state index contributed by atoms with van der Waals surface area (Å²) in [6.07, 6.45) is 5.39. The van der Waals surface area contributed by atoms with Gasteiger partial charge in [-0.25, -0.2) is 15.0 Å². The number of aromatic nitrogens is 2. The molecular formula is C19H28N6S. The molecular weight excluding hydrogens is 344 g/mol. The van der Waals surface area contributed by atoms with E-state index in [1.807, 2.05) is 13.1 Å². The lowest BCUT2D eigenvalue weighted by Gasteiger charge is -2.16. The van der Waals surface area contributed by atoms with Crippen molar-refractivity contribution in [2.75, 3.05) is 31.1 Å². The fraction of sp³-hybridized carbons (Fsp3) is 0.526. The summed E-state index contributed by atoms with van der Waals surface area (Å²) >= 11 is 1.70. The van der Waals surface area contributed by atoms with Crippen LogP contribution in [-0.2, 0) is 13.0 Å². The van der Waals surface area contributed by atoms with E-state index in [1.54, 1.807) is 11.3 Å². The summed E-state index contributed by atoms with van der Waals surface area (Å²) in [7, 11) is 0. The van der Waals surface area contributed by atoms with Crippen LogP contribution in [-0.4, -0.2) is 42.1 Å². The average molecular weight is 373 g/mol. The molecule has 0 unspecified atom stereocenters. The van der Waals surface area contributed by atoms with Crippen molar-refractivity contribution in [2.45, 2.75) is 39.7 Å². The van der Waals surface area contributed by atoms with Crippen molar-refractivity contribution in [1.29, 1.82) is 0 Å². The van der Waals surface area contributed by atoms with Crippen LogP contribution in [0.3, 0.4) is 0 Å². The van der Waals surface area contributed by atoms with Crippen LogP contribution in [0, 0.1) is 6.92 Å². The maximum absolute atomic E-state index is 4.67. The predicted octanol–water partition coefficient (Wildman–Crippen LogP) is 2.74. The highest BCUT2D eigenvalue weighted by Gasteiger charge is 2.12. The first kappa shape index (κ1) is 18.6. The quantitative estimate of drug-likeness (QED) is 0.578. The molecule has 3 heterocycles. The lowest BCUT2D eigenvalue weighted by Crippen LogP contribution is -2.38. The molecule has 2 aromatic heterocycles. The highest BCUT2D eigenvalue weighted by atomic mass is 32.1. The fourth-order valence-corrected chi connectivity index (χ4v) is 3.63. The summed E-state index contributed by atoms with van der Waals surface area (Å²) in [6, 6.07) is 4.24. The Balaban J connectivity index is 1.51. The van der Waals surface area contributed by atoms with Gasteiger partial charge in [0.15, 0.2) is 5.96 Å². The van der Waals surface area contributed by atoms with Crippen LogP contribution in [0.2, 0.25) is 0 Å². The normalized spacial score (nSPS) is 14.7. The van der Waals surface area contributed by atoms with E-state index >= 15 is 0 Å². The standard InChI is InChI=1S/C19H28N6S/c1-3-20-19(21-9-8-17-14-26-15(2)24-17)23-13-16-6-7-18(22-12-16)25-10-4-5-11-25/h6-7,12,14H,3-5,8-11,13H2,1-2H3,(H2,20,21,23). The molecule has 0 aromatic carbocycles. The van der Waals surface area contributed by atoms with Gasteiger partial charge in [-0.3, -0.25) is 0 Å². The third kappa shape index (κ3) is 5.42. The van der Waals surface area contributed by atoms with Gasteiger partial charge in [0.2, 0.25) is 0 Å². The van der Waals surface area contributed by atoms with Crippen molar-refractivity contribution in [3.8, 4) is 0 Å². The van der Waals surface area contributed by atoms with E-state index in [4.69, 9.17) is 0 Å². The van der Waals surface area contributed by atoms with E-state index in [0.29, 0.717) is 6.54 Å². The lowest BCUT2D eigenvalue weighted by molar-refractivity contribution is 0.789. The van der Waals surface area contributed by atoms with E-state index in [2.05, 4.69) is 54.9 Å². The van der Waals surface area contributed by atoms with Gasteiger partial charge in [0.1, 0.15) is 5.82 Å². The van der Waals surface area contributed by atoms with Crippen LogP contribution in [0.5, 0.6) is 0 Å². The largest absolute Gasteiger partial charge is 0.357 e. The molecule has 0 saturated carbocycles. The second kappa shape index (κ2) is 9.52. The Kier molecular flexibility index (Phi) is 6.82. The number of nitrogens with one attached hydrogen (secondary N) is 2. The maximum atomic E-state index is 4.67. The molecule has 2 N–H and O–H groups in total. The molecule has 0 atom stereocenters. The Morgan fingerprint density at radius 2 is 2.12 bits per heavy atom. The summed E-state index contributed by atoms with van der Waals surface area (Å²) in [5, 5.41) is 9.91. The molecule has 1 aliphatic heterocycles. The number of pyridine rings is 1. The minimum absolute atomic E-state index is 0.623.